The van der Waals surface area contributed by atoms with Gasteiger partial charge in [0.1, 0.15) is 5.69 Å². The Morgan fingerprint density at radius 1 is 1.56 bits per heavy atom. The first kappa shape index (κ1) is 13.0. The third kappa shape index (κ3) is 2.86. The molecule has 1 saturated heterocycles. The van der Waals surface area contributed by atoms with Gasteiger partial charge in [0, 0.05) is 25.8 Å². The molecule has 1 aromatic heterocycles. The van der Waals surface area contributed by atoms with Crippen molar-refractivity contribution in [1.82, 2.24) is 9.88 Å². The van der Waals surface area contributed by atoms with Gasteiger partial charge in [-0.25, -0.2) is 0 Å². The summed E-state index contributed by atoms with van der Waals surface area (Å²) in [6.07, 6.45) is 1.65. The van der Waals surface area contributed by atoms with Crippen LogP contribution in [0.5, 0.6) is 0 Å². The summed E-state index contributed by atoms with van der Waals surface area (Å²) in [6.45, 7) is 6.18. The van der Waals surface area contributed by atoms with E-state index in [4.69, 9.17) is 10.5 Å². The largest absolute Gasteiger partial charge is 0.372 e. The van der Waals surface area contributed by atoms with E-state index in [0.717, 1.165) is 5.56 Å². The van der Waals surface area contributed by atoms with Crippen molar-refractivity contribution in [2.75, 3.05) is 19.7 Å². The summed E-state index contributed by atoms with van der Waals surface area (Å²) in [5.74, 6) is -0.0463. The van der Waals surface area contributed by atoms with Gasteiger partial charge in [-0.05, 0) is 25.5 Å². The van der Waals surface area contributed by atoms with E-state index < -0.39 is 0 Å². The molecule has 1 aliphatic heterocycles. The number of amides is 1. The standard InChI is InChI=1S/C13H19N3O2/c1-13(2)9-16(5-6-18-13)12(17)11-4-3-10(7-14)8-15-11/h3-4,8H,5-7,9,14H2,1-2H3. The second-order valence-corrected chi connectivity index (χ2v) is 5.09. The molecule has 2 heterocycles. The molecule has 0 spiro atoms. The second-order valence-electron chi connectivity index (χ2n) is 5.09. The van der Waals surface area contributed by atoms with Crippen molar-refractivity contribution >= 4 is 5.91 Å². The zero-order valence-electron chi connectivity index (χ0n) is 10.8. The van der Waals surface area contributed by atoms with E-state index >= 15 is 0 Å². The molecule has 2 rings (SSSR count). The van der Waals surface area contributed by atoms with Crippen molar-refractivity contribution < 1.29 is 9.53 Å². The van der Waals surface area contributed by atoms with Crippen molar-refractivity contribution in [3.05, 3.63) is 29.6 Å². The molecular formula is C13H19N3O2. The van der Waals surface area contributed by atoms with Crippen LogP contribution in [0.2, 0.25) is 0 Å². The van der Waals surface area contributed by atoms with Gasteiger partial charge >= 0.3 is 0 Å². The van der Waals surface area contributed by atoms with Crippen LogP contribution in [0.4, 0.5) is 0 Å². The Morgan fingerprint density at radius 2 is 2.33 bits per heavy atom. The Hall–Kier alpha value is -1.46. The monoisotopic (exact) mass is 249 g/mol. The van der Waals surface area contributed by atoms with E-state index in [0.29, 0.717) is 31.9 Å². The van der Waals surface area contributed by atoms with Gasteiger partial charge in [-0.2, -0.15) is 0 Å². The van der Waals surface area contributed by atoms with Crippen LogP contribution in [0.1, 0.15) is 29.9 Å². The molecule has 0 radical (unpaired) electrons. The SMILES string of the molecule is CC1(C)CN(C(=O)c2ccc(CN)cn2)CCO1. The summed E-state index contributed by atoms with van der Waals surface area (Å²) in [4.78, 5) is 18.2. The molecule has 0 unspecified atom stereocenters. The summed E-state index contributed by atoms with van der Waals surface area (Å²) in [5, 5.41) is 0. The predicted octanol–water partition coefficient (Wildman–Crippen LogP) is 0.791. The van der Waals surface area contributed by atoms with E-state index in [1.807, 2.05) is 19.9 Å². The average molecular weight is 249 g/mol. The van der Waals surface area contributed by atoms with Gasteiger partial charge in [0.25, 0.3) is 5.91 Å². The number of hydrogen-bond acceptors (Lipinski definition) is 4. The minimum absolute atomic E-state index is 0.0463. The summed E-state index contributed by atoms with van der Waals surface area (Å²) in [6, 6.07) is 3.57. The Bertz CT molecular complexity index is 428. The van der Waals surface area contributed by atoms with Gasteiger partial charge in [-0.15, -0.1) is 0 Å². The summed E-state index contributed by atoms with van der Waals surface area (Å²) in [5.41, 5.74) is 6.60. The summed E-state index contributed by atoms with van der Waals surface area (Å²) >= 11 is 0. The molecule has 1 aromatic rings. The fraction of sp³-hybridized carbons (Fsp3) is 0.538. The number of hydrogen-bond donors (Lipinski definition) is 1. The van der Waals surface area contributed by atoms with E-state index in [2.05, 4.69) is 4.98 Å². The van der Waals surface area contributed by atoms with Crippen LogP contribution in [0.15, 0.2) is 18.3 Å². The number of morpholine rings is 1. The van der Waals surface area contributed by atoms with Crippen molar-refractivity contribution in [3.63, 3.8) is 0 Å². The van der Waals surface area contributed by atoms with Gasteiger partial charge < -0.3 is 15.4 Å². The van der Waals surface area contributed by atoms with Crippen LogP contribution in [-0.2, 0) is 11.3 Å². The fourth-order valence-electron chi connectivity index (χ4n) is 2.02. The molecule has 98 valence electrons. The summed E-state index contributed by atoms with van der Waals surface area (Å²) in [7, 11) is 0. The first-order valence-corrected chi connectivity index (χ1v) is 6.10. The van der Waals surface area contributed by atoms with Crippen molar-refractivity contribution in [3.8, 4) is 0 Å². The highest BCUT2D eigenvalue weighted by atomic mass is 16.5. The Morgan fingerprint density at radius 3 is 2.89 bits per heavy atom. The maximum Gasteiger partial charge on any atom is 0.272 e. The summed E-state index contributed by atoms with van der Waals surface area (Å²) < 4.78 is 5.59. The van der Waals surface area contributed by atoms with E-state index in [9.17, 15) is 4.79 Å². The lowest BCUT2D eigenvalue weighted by molar-refractivity contribution is -0.0765. The highest BCUT2D eigenvalue weighted by molar-refractivity contribution is 5.92. The van der Waals surface area contributed by atoms with E-state index in [1.54, 1.807) is 17.2 Å². The van der Waals surface area contributed by atoms with E-state index in [1.165, 1.54) is 0 Å². The van der Waals surface area contributed by atoms with Gasteiger partial charge in [0.15, 0.2) is 0 Å². The van der Waals surface area contributed by atoms with Crippen LogP contribution >= 0.6 is 0 Å². The minimum atomic E-state index is -0.287. The molecule has 2 N–H and O–H groups in total. The fourth-order valence-corrected chi connectivity index (χ4v) is 2.02. The number of carbonyl (C=O) groups excluding carboxylic acids is 1. The Kier molecular flexibility index (Phi) is 3.63. The molecule has 1 amide bonds. The number of nitrogens with zero attached hydrogens (tertiary/aromatic N) is 2. The topological polar surface area (TPSA) is 68.5 Å². The van der Waals surface area contributed by atoms with Crippen LogP contribution in [0, 0.1) is 0 Å². The first-order valence-electron chi connectivity index (χ1n) is 6.10. The normalized spacial score (nSPS) is 18.7. The molecular weight excluding hydrogens is 230 g/mol. The molecule has 0 aromatic carbocycles. The van der Waals surface area contributed by atoms with Crippen molar-refractivity contribution in [2.45, 2.75) is 26.0 Å². The van der Waals surface area contributed by atoms with Crippen LogP contribution in [0.3, 0.4) is 0 Å². The molecule has 18 heavy (non-hydrogen) atoms. The maximum absolute atomic E-state index is 12.3. The first-order chi connectivity index (χ1) is 8.52. The molecule has 0 aliphatic carbocycles. The third-order valence-electron chi connectivity index (χ3n) is 2.99. The molecule has 0 bridgehead atoms. The molecule has 1 aliphatic rings. The van der Waals surface area contributed by atoms with Gasteiger partial charge in [0.2, 0.25) is 0 Å². The Labute approximate surface area is 107 Å². The van der Waals surface area contributed by atoms with Crippen LogP contribution < -0.4 is 5.73 Å². The Balaban J connectivity index is 2.10. The number of ether oxygens (including phenoxy) is 1. The molecule has 5 nitrogen and oxygen atoms in total. The van der Waals surface area contributed by atoms with E-state index in [-0.39, 0.29) is 11.5 Å². The number of carbonyl (C=O) groups is 1. The second kappa shape index (κ2) is 5.04. The van der Waals surface area contributed by atoms with Crippen LogP contribution in [0.25, 0.3) is 0 Å². The van der Waals surface area contributed by atoms with Crippen molar-refractivity contribution in [1.29, 1.82) is 0 Å². The van der Waals surface area contributed by atoms with Gasteiger partial charge in [-0.3, -0.25) is 9.78 Å². The zero-order valence-corrected chi connectivity index (χ0v) is 10.8. The zero-order chi connectivity index (χ0) is 13.2. The molecule has 0 atom stereocenters. The third-order valence-corrected chi connectivity index (χ3v) is 2.99. The average Bonchev–Trinajstić information content (AvgIpc) is 2.37. The number of rotatable bonds is 2. The number of nitrogens with two attached hydrogens (primary N) is 1. The van der Waals surface area contributed by atoms with Gasteiger partial charge in [0.05, 0.1) is 12.2 Å². The molecule has 0 saturated carbocycles. The number of aromatic nitrogens is 1. The quantitative estimate of drug-likeness (QED) is 0.841. The highest BCUT2D eigenvalue weighted by Crippen LogP contribution is 2.18. The van der Waals surface area contributed by atoms with Gasteiger partial charge in [-0.1, -0.05) is 6.07 Å². The molecule has 5 heteroatoms. The van der Waals surface area contributed by atoms with Crippen LogP contribution in [-0.4, -0.2) is 41.1 Å². The van der Waals surface area contributed by atoms with Crippen molar-refractivity contribution in [2.24, 2.45) is 5.73 Å². The lowest BCUT2D eigenvalue weighted by Gasteiger charge is -2.37. The lowest BCUT2D eigenvalue weighted by atomic mass is 10.1. The smallest absolute Gasteiger partial charge is 0.272 e. The minimum Gasteiger partial charge on any atom is -0.372 e. The predicted molar refractivity (Wildman–Crippen MR) is 68.1 cm³/mol. The maximum atomic E-state index is 12.3. The number of pyridine rings is 1. The molecule has 1 fully saturated rings. The highest BCUT2D eigenvalue weighted by Gasteiger charge is 2.30. The lowest BCUT2D eigenvalue weighted by Crippen LogP contribution is -2.50.